The molecule has 1 aliphatic heterocycles. The summed E-state index contributed by atoms with van der Waals surface area (Å²) in [6.07, 6.45) is 4.70. The average Bonchev–Trinajstić information content (AvgIpc) is 3.48. The number of benzene rings is 3. The lowest BCUT2D eigenvalue weighted by Gasteiger charge is -2.24. The molecule has 0 radical (unpaired) electrons. The zero-order chi connectivity index (χ0) is 25.1. The third-order valence-corrected chi connectivity index (χ3v) is 7.50. The summed E-state index contributed by atoms with van der Waals surface area (Å²) >= 11 is 0. The Labute approximate surface area is 214 Å². The molecule has 1 fully saturated rings. The quantitative estimate of drug-likeness (QED) is 0.312. The van der Waals surface area contributed by atoms with E-state index in [0.717, 1.165) is 31.6 Å². The minimum atomic E-state index is -0.251. The summed E-state index contributed by atoms with van der Waals surface area (Å²) < 4.78 is 8.21. The van der Waals surface area contributed by atoms with Crippen LogP contribution in [0, 0.1) is 13.8 Å². The van der Waals surface area contributed by atoms with Crippen molar-refractivity contribution in [3.05, 3.63) is 107 Å². The summed E-state index contributed by atoms with van der Waals surface area (Å²) in [4.78, 5) is 13.3. The average molecular weight is 481 g/mol. The topological polar surface area (TPSA) is 43.3 Å². The molecule has 2 atom stereocenters. The van der Waals surface area contributed by atoms with Crippen LogP contribution in [0.15, 0.2) is 79.0 Å². The summed E-state index contributed by atoms with van der Waals surface area (Å²) in [5, 5.41) is 4.38. The molecule has 0 unspecified atom stereocenters. The van der Waals surface area contributed by atoms with Crippen molar-refractivity contribution in [2.24, 2.45) is 0 Å². The fraction of sp³-hybridized carbons (Fsp3) is 0.344. The van der Waals surface area contributed by atoms with Gasteiger partial charge in [0.15, 0.2) is 0 Å². The van der Waals surface area contributed by atoms with Gasteiger partial charge in [0, 0.05) is 49.1 Å². The fourth-order valence-corrected chi connectivity index (χ4v) is 5.30. The first-order chi connectivity index (χ1) is 17.4. The van der Waals surface area contributed by atoms with Gasteiger partial charge in [-0.1, -0.05) is 77.9 Å². The lowest BCUT2D eigenvalue weighted by molar-refractivity contribution is -0.122. The lowest BCUT2D eigenvalue weighted by atomic mass is 9.87. The lowest BCUT2D eigenvalue weighted by Crippen LogP contribution is -2.40. The van der Waals surface area contributed by atoms with Crippen LogP contribution in [-0.4, -0.2) is 29.2 Å². The van der Waals surface area contributed by atoms with Gasteiger partial charge in [0.1, 0.15) is 0 Å². The highest BCUT2D eigenvalue weighted by molar-refractivity contribution is 5.86. The van der Waals surface area contributed by atoms with E-state index in [9.17, 15) is 4.79 Å². The number of fused-ring (bicyclic) bond motifs is 1. The van der Waals surface area contributed by atoms with Crippen LogP contribution in [-0.2, 0) is 16.1 Å². The predicted molar refractivity (Wildman–Crippen MR) is 146 cm³/mol. The van der Waals surface area contributed by atoms with E-state index in [2.05, 4.69) is 110 Å². The molecule has 4 heteroatoms. The number of ether oxygens (including phenoxy) is 1. The van der Waals surface area contributed by atoms with E-state index in [0.29, 0.717) is 13.0 Å². The molecule has 186 valence electrons. The number of para-hydroxylation sites is 1. The van der Waals surface area contributed by atoms with Gasteiger partial charge >= 0.3 is 0 Å². The molecule has 0 aliphatic carbocycles. The van der Waals surface area contributed by atoms with Gasteiger partial charge in [0.2, 0.25) is 5.91 Å². The van der Waals surface area contributed by atoms with Crippen LogP contribution >= 0.6 is 0 Å². The molecular formula is C32H36N2O2. The Morgan fingerprint density at radius 3 is 2.39 bits per heavy atom. The monoisotopic (exact) mass is 480 g/mol. The van der Waals surface area contributed by atoms with E-state index in [1.807, 2.05) is 0 Å². The van der Waals surface area contributed by atoms with Crippen LogP contribution in [0.2, 0.25) is 0 Å². The minimum absolute atomic E-state index is 0.0351. The summed E-state index contributed by atoms with van der Waals surface area (Å²) in [6.45, 7) is 8.44. The zero-order valence-corrected chi connectivity index (χ0v) is 21.6. The van der Waals surface area contributed by atoms with Crippen LogP contribution in [0.25, 0.3) is 10.9 Å². The summed E-state index contributed by atoms with van der Waals surface area (Å²) in [5.74, 6) is 0.0275. The Bertz CT molecular complexity index is 1330. The second kappa shape index (κ2) is 10.3. The molecule has 0 bridgehead atoms. The van der Waals surface area contributed by atoms with Gasteiger partial charge in [-0.25, -0.2) is 0 Å². The summed E-state index contributed by atoms with van der Waals surface area (Å²) in [6, 6.07) is 25.9. The molecule has 0 saturated carbocycles. The van der Waals surface area contributed by atoms with Gasteiger partial charge in [-0.15, -0.1) is 0 Å². The van der Waals surface area contributed by atoms with Crippen molar-refractivity contribution in [2.45, 2.75) is 58.1 Å². The Balaban J connectivity index is 1.48. The van der Waals surface area contributed by atoms with Crippen LogP contribution in [0.4, 0.5) is 0 Å². The molecule has 1 N–H and O–H groups in total. The molecule has 1 aliphatic rings. The fourth-order valence-electron chi connectivity index (χ4n) is 5.30. The number of aromatic nitrogens is 1. The van der Waals surface area contributed by atoms with Gasteiger partial charge in [-0.2, -0.15) is 0 Å². The number of amides is 1. The summed E-state index contributed by atoms with van der Waals surface area (Å²) in [7, 11) is 0. The van der Waals surface area contributed by atoms with Gasteiger partial charge in [-0.3, -0.25) is 4.79 Å². The molecule has 4 nitrogen and oxygen atoms in total. The van der Waals surface area contributed by atoms with Gasteiger partial charge in [0.05, 0.1) is 5.60 Å². The standard InChI is InChI=1S/C32H36N2O2/c1-23-9-13-25(14-10-23)20-34-21-29(27-7-4-5-8-30(27)34)28(26-15-11-24(2)12-16-26)19-31(35)33-22-32(3)17-6-18-36-32/h4-5,7-16,21,28H,6,17-20,22H2,1-3H3,(H,33,35)/t28-,32-/m0/s1. The minimum Gasteiger partial charge on any atom is -0.373 e. The van der Waals surface area contributed by atoms with Crippen molar-refractivity contribution in [3.63, 3.8) is 0 Å². The molecule has 5 rings (SSSR count). The number of nitrogens with zero attached hydrogens (tertiary/aromatic N) is 1. The molecule has 36 heavy (non-hydrogen) atoms. The number of aryl methyl sites for hydroxylation is 2. The predicted octanol–water partition coefficient (Wildman–Crippen LogP) is 6.51. The van der Waals surface area contributed by atoms with Crippen molar-refractivity contribution < 1.29 is 9.53 Å². The summed E-state index contributed by atoms with van der Waals surface area (Å²) in [5.41, 5.74) is 7.05. The number of nitrogens with one attached hydrogen (secondary N) is 1. The van der Waals surface area contributed by atoms with Crippen molar-refractivity contribution in [3.8, 4) is 0 Å². The molecule has 1 saturated heterocycles. The highest BCUT2D eigenvalue weighted by Crippen LogP contribution is 2.35. The van der Waals surface area contributed by atoms with Crippen LogP contribution in [0.5, 0.6) is 0 Å². The molecule has 3 aromatic carbocycles. The van der Waals surface area contributed by atoms with E-state index in [1.54, 1.807) is 0 Å². The molecule has 0 spiro atoms. The van der Waals surface area contributed by atoms with E-state index < -0.39 is 0 Å². The van der Waals surface area contributed by atoms with E-state index in [1.165, 1.54) is 33.2 Å². The van der Waals surface area contributed by atoms with Crippen molar-refractivity contribution >= 4 is 16.8 Å². The molecule has 2 heterocycles. The number of carbonyl (C=O) groups is 1. The maximum atomic E-state index is 13.3. The molecule has 1 amide bonds. The highest BCUT2D eigenvalue weighted by Gasteiger charge is 2.31. The normalized spacial score (nSPS) is 18.4. The maximum Gasteiger partial charge on any atom is 0.221 e. The van der Waals surface area contributed by atoms with Gasteiger partial charge < -0.3 is 14.6 Å². The third-order valence-electron chi connectivity index (χ3n) is 7.50. The van der Waals surface area contributed by atoms with Crippen LogP contribution in [0.3, 0.4) is 0 Å². The second-order valence-corrected chi connectivity index (χ2v) is 10.6. The van der Waals surface area contributed by atoms with Gasteiger partial charge in [0.25, 0.3) is 0 Å². The Morgan fingerprint density at radius 2 is 1.69 bits per heavy atom. The van der Waals surface area contributed by atoms with E-state index in [-0.39, 0.29) is 17.4 Å². The first-order valence-corrected chi connectivity index (χ1v) is 13.0. The number of carbonyl (C=O) groups excluding carboxylic acids is 1. The first-order valence-electron chi connectivity index (χ1n) is 13.0. The van der Waals surface area contributed by atoms with Crippen molar-refractivity contribution in [1.82, 2.24) is 9.88 Å². The Kier molecular flexibility index (Phi) is 6.97. The molecular weight excluding hydrogens is 444 g/mol. The number of rotatable bonds is 8. The maximum absolute atomic E-state index is 13.3. The smallest absolute Gasteiger partial charge is 0.221 e. The van der Waals surface area contributed by atoms with Crippen molar-refractivity contribution in [2.75, 3.05) is 13.2 Å². The van der Waals surface area contributed by atoms with E-state index >= 15 is 0 Å². The van der Waals surface area contributed by atoms with Crippen LogP contribution < -0.4 is 5.32 Å². The zero-order valence-electron chi connectivity index (χ0n) is 21.6. The Morgan fingerprint density at radius 1 is 1.00 bits per heavy atom. The third kappa shape index (κ3) is 5.39. The second-order valence-electron chi connectivity index (χ2n) is 10.6. The highest BCUT2D eigenvalue weighted by atomic mass is 16.5. The SMILES string of the molecule is Cc1ccc(Cn2cc([C@@H](CC(=O)NC[C@]3(C)CCCO3)c3ccc(C)cc3)c3ccccc32)cc1. The molecule has 4 aromatic rings. The number of hydrogen-bond acceptors (Lipinski definition) is 2. The number of hydrogen-bond donors (Lipinski definition) is 1. The van der Waals surface area contributed by atoms with E-state index in [4.69, 9.17) is 4.74 Å². The van der Waals surface area contributed by atoms with Crippen molar-refractivity contribution in [1.29, 1.82) is 0 Å². The van der Waals surface area contributed by atoms with Crippen LogP contribution in [0.1, 0.15) is 59.9 Å². The van der Waals surface area contributed by atoms with Gasteiger partial charge in [-0.05, 0) is 56.4 Å². The Hall–Kier alpha value is -3.37. The largest absolute Gasteiger partial charge is 0.373 e. The first kappa shape index (κ1) is 24.3. The molecule has 1 aromatic heterocycles.